The molecular weight excluding hydrogens is 116 g/mol. The van der Waals surface area contributed by atoms with E-state index in [1.54, 1.807) is 18.1 Å². The maximum absolute atomic E-state index is 3.90. The predicted molar refractivity (Wildman–Crippen MR) is 34.6 cm³/mol. The van der Waals surface area contributed by atoms with Gasteiger partial charge in [-0.1, -0.05) is 0 Å². The summed E-state index contributed by atoms with van der Waals surface area (Å²) in [5.41, 5.74) is 0. The van der Waals surface area contributed by atoms with Crippen molar-refractivity contribution in [1.29, 1.82) is 0 Å². The fraction of sp³-hybridized carbons (Fsp3) is 0.400. The maximum atomic E-state index is 3.90. The van der Waals surface area contributed by atoms with Crippen LogP contribution in [0.2, 0.25) is 0 Å². The lowest BCUT2D eigenvalue weighted by Gasteiger charge is -1.88. The van der Waals surface area contributed by atoms with Crippen molar-refractivity contribution in [3.63, 3.8) is 0 Å². The molecule has 0 aliphatic rings. The van der Waals surface area contributed by atoms with Gasteiger partial charge in [0.1, 0.15) is 18.5 Å². The van der Waals surface area contributed by atoms with E-state index >= 15 is 0 Å². The summed E-state index contributed by atoms with van der Waals surface area (Å²) >= 11 is 0. The third kappa shape index (κ3) is 1.13. The molecule has 0 N–H and O–H groups in total. The molecule has 48 valence electrons. The van der Waals surface area contributed by atoms with Crippen LogP contribution in [0, 0.1) is 6.92 Å². The number of hydrogen-bond acceptors (Lipinski definition) is 3. The fourth-order valence-electron chi connectivity index (χ4n) is 0.530. The van der Waals surface area contributed by atoms with Gasteiger partial charge in [0.15, 0.2) is 0 Å². The van der Waals surface area contributed by atoms with Gasteiger partial charge in [0, 0.05) is 7.05 Å². The Morgan fingerprint density at radius 3 is 3.00 bits per heavy atom. The van der Waals surface area contributed by atoms with E-state index in [9.17, 15) is 0 Å². The topological polar surface area (TPSA) is 43.1 Å². The molecule has 0 saturated heterocycles. The van der Waals surface area contributed by atoms with Crippen molar-refractivity contribution in [2.45, 2.75) is 6.92 Å². The van der Waals surface area contributed by atoms with Crippen LogP contribution in [-0.2, 0) is 0 Å². The molecule has 0 saturated carbocycles. The van der Waals surface area contributed by atoms with Crippen molar-refractivity contribution in [2.24, 2.45) is 4.99 Å². The van der Waals surface area contributed by atoms with E-state index in [4.69, 9.17) is 0 Å². The van der Waals surface area contributed by atoms with Crippen LogP contribution < -0.4 is 0 Å². The van der Waals surface area contributed by atoms with Crippen molar-refractivity contribution >= 4 is 6.34 Å². The normalized spacial score (nSPS) is 10.9. The number of aromatic nitrogens is 3. The van der Waals surface area contributed by atoms with E-state index in [0.717, 1.165) is 5.82 Å². The molecule has 0 atom stereocenters. The minimum Gasteiger partial charge on any atom is -0.277 e. The third-order valence-electron chi connectivity index (χ3n) is 0.977. The highest BCUT2D eigenvalue weighted by Gasteiger charge is 1.90. The van der Waals surface area contributed by atoms with Crippen LogP contribution >= 0.6 is 0 Å². The van der Waals surface area contributed by atoms with Gasteiger partial charge in [0.05, 0.1) is 0 Å². The second-order valence-electron chi connectivity index (χ2n) is 1.63. The number of aryl methyl sites for hydroxylation is 1. The molecule has 0 aromatic carbocycles. The zero-order chi connectivity index (χ0) is 6.69. The highest BCUT2D eigenvalue weighted by molar-refractivity contribution is 5.56. The SMILES string of the molecule is CN=Cn1ncnc1C. The van der Waals surface area contributed by atoms with Gasteiger partial charge in [-0.15, -0.1) is 0 Å². The molecule has 4 nitrogen and oxygen atoms in total. The highest BCUT2D eigenvalue weighted by Crippen LogP contribution is 1.83. The van der Waals surface area contributed by atoms with E-state index in [0.29, 0.717) is 0 Å². The zero-order valence-electron chi connectivity index (χ0n) is 5.44. The molecule has 1 aromatic rings. The average molecular weight is 124 g/mol. The van der Waals surface area contributed by atoms with Crippen molar-refractivity contribution in [1.82, 2.24) is 14.8 Å². The molecule has 0 radical (unpaired) electrons. The second kappa shape index (κ2) is 2.39. The molecule has 1 heterocycles. The van der Waals surface area contributed by atoms with E-state index < -0.39 is 0 Å². The number of aliphatic imine (C=N–C) groups is 1. The van der Waals surface area contributed by atoms with Crippen LogP contribution in [0.3, 0.4) is 0 Å². The van der Waals surface area contributed by atoms with E-state index in [-0.39, 0.29) is 0 Å². The lowest BCUT2D eigenvalue weighted by molar-refractivity contribution is 0.908. The van der Waals surface area contributed by atoms with Gasteiger partial charge in [0.25, 0.3) is 0 Å². The summed E-state index contributed by atoms with van der Waals surface area (Å²) in [5.74, 6) is 0.848. The smallest absolute Gasteiger partial charge is 0.138 e. The summed E-state index contributed by atoms with van der Waals surface area (Å²) in [6.07, 6.45) is 3.11. The first-order chi connectivity index (χ1) is 4.34. The van der Waals surface area contributed by atoms with Crippen LogP contribution in [0.4, 0.5) is 0 Å². The van der Waals surface area contributed by atoms with Crippen LogP contribution in [0.5, 0.6) is 0 Å². The summed E-state index contributed by atoms with van der Waals surface area (Å²) in [6.45, 7) is 1.87. The molecule has 1 aromatic heterocycles. The third-order valence-corrected chi connectivity index (χ3v) is 0.977. The number of hydrogen-bond donors (Lipinski definition) is 0. The van der Waals surface area contributed by atoms with Crippen molar-refractivity contribution in [3.05, 3.63) is 12.2 Å². The largest absolute Gasteiger partial charge is 0.277 e. The average Bonchev–Trinajstić information content (AvgIpc) is 2.18. The minimum atomic E-state index is 0.848. The van der Waals surface area contributed by atoms with Gasteiger partial charge < -0.3 is 0 Å². The molecule has 0 aliphatic carbocycles. The molecule has 0 amide bonds. The lowest BCUT2D eigenvalue weighted by atomic mass is 10.7. The Morgan fingerprint density at radius 2 is 2.56 bits per heavy atom. The van der Waals surface area contributed by atoms with Gasteiger partial charge in [-0.2, -0.15) is 5.10 Å². The van der Waals surface area contributed by atoms with Gasteiger partial charge in [0.2, 0.25) is 0 Å². The van der Waals surface area contributed by atoms with Gasteiger partial charge in [-0.3, -0.25) is 4.99 Å². The van der Waals surface area contributed by atoms with Gasteiger partial charge in [-0.05, 0) is 6.92 Å². The summed E-state index contributed by atoms with van der Waals surface area (Å²) in [7, 11) is 1.70. The van der Waals surface area contributed by atoms with E-state index in [1.807, 2.05) is 6.92 Å². The lowest BCUT2D eigenvalue weighted by Crippen LogP contribution is -1.99. The molecule has 0 spiro atoms. The Balaban J connectivity index is 2.94. The molecule has 0 bridgehead atoms. The first kappa shape index (κ1) is 5.94. The summed E-state index contributed by atoms with van der Waals surface area (Å²) < 4.78 is 1.61. The second-order valence-corrected chi connectivity index (χ2v) is 1.63. The van der Waals surface area contributed by atoms with Gasteiger partial charge in [-0.25, -0.2) is 9.67 Å². The monoisotopic (exact) mass is 124 g/mol. The Hall–Kier alpha value is -1.19. The van der Waals surface area contributed by atoms with Crippen LogP contribution in [0.1, 0.15) is 5.82 Å². The standard InChI is InChI=1S/C5H8N4/c1-5-7-3-8-9(5)4-6-2/h3-4H,1-2H3. The summed E-state index contributed by atoms with van der Waals surface area (Å²) in [6, 6.07) is 0. The number of rotatable bonds is 1. The summed E-state index contributed by atoms with van der Waals surface area (Å²) in [4.78, 5) is 7.67. The Kier molecular flexibility index (Phi) is 1.58. The molecule has 0 unspecified atom stereocenters. The van der Waals surface area contributed by atoms with Gasteiger partial charge >= 0.3 is 0 Å². The molecule has 4 heteroatoms. The van der Waals surface area contributed by atoms with Crippen LogP contribution in [0.15, 0.2) is 11.3 Å². The Labute approximate surface area is 53.2 Å². The van der Waals surface area contributed by atoms with Crippen molar-refractivity contribution < 1.29 is 0 Å². The Morgan fingerprint density at radius 1 is 1.78 bits per heavy atom. The molecule has 1 rings (SSSR count). The maximum Gasteiger partial charge on any atom is 0.138 e. The number of nitrogens with zero attached hydrogens (tertiary/aromatic N) is 4. The van der Waals surface area contributed by atoms with E-state index in [1.165, 1.54) is 6.33 Å². The quantitative estimate of drug-likeness (QED) is 0.393. The first-order valence-corrected chi connectivity index (χ1v) is 2.63. The zero-order valence-corrected chi connectivity index (χ0v) is 5.44. The van der Waals surface area contributed by atoms with Crippen molar-refractivity contribution in [3.8, 4) is 0 Å². The van der Waals surface area contributed by atoms with Crippen molar-refractivity contribution in [2.75, 3.05) is 7.05 Å². The van der Waals surface area contributed by atoms with E-state index in [2.05, 4.69) is 15.1 Å². The molecule has 0 aliphatic heterocycles. The Bertz CT molecular complexity index is 212. The molecular formula is C5H8N4. The predicted octanol–water partition coefficient (Wildman–Crippen LogP) is 0.0927. The molecule has 9 heavy (non-hydrogen) atoms. The first-order valence-electron chi connectivity index (χ1n) is 2.63. The summed E-state index contributed by atoms with van der Waals surface area (Å²) in [5, 5.41) is 3.86. The van der Waals surface area contributed by atoms with Crippen LogP contribution in [0.25, 0.3) is 0 Å². The van der Waals surface area contributed by atoms with Crippen LogP contribution in [-0.4, -0.2) is 28.2 Å². The fourth-order valence-corrected chi connectivity index (χ4v) is 0.530. The highest BCUT2D eigenvalue weighted by atomic mass is 15.3. The minimum absolute atomic E-state index is 0.848. The molecule has 0 fully saturated rings.